The van der Waals surface area contributed by atoms with Crippen LogP contribution in [0.4, 0.5) is 0 Å². The number of hydrogen-bond donors (Lipinski definition) is 2. The van der Waals surface area contributed by atoms with Crippen LogP contribution in [0.3, 0.4) is 0 Å². The molecule has 0 amide bonds. The van der Waals surface area contributed by atoms with Crippen LogP contribution in [0.2, 0.25) is 0 Å². The molecule has 1 aliphatic heterocycles. The number of hydrogen-bond acceptors (Lipinski definition) is 3. The number of nitrogens with two attached hydrogens (primary N) is 1. The van der Waals surface area contributed by atoms with E-state index in [1.165, 1.54) is 0 Å². The molecule has 1 aliphatic rings. The van der Waals surface area contributed by atoms with Crippen molar-refractivity contribution in [3.63, 3.8) is 0 Å². The van der Waals surface area contributed by atoms with E-state index in [0.29, 0.717) is 5.88 Å². The Hall–Kier alpha value is -1.64. The molecule has 0 saturated heterocycles. The number of nitrogens with one attached hydrogen (secondary N) is 1. The van der Waals surface area contributed by atoms with Crippen LogP contribution in [0.5, 0.6) is 5.75 Å². The fourth-order valence-corrected chi connectivity index (χ4v) is 1.26. The standard InChI is InChI=1S/C10H12N2O.C2H6/c1-7-10(11)13-9-5-3-2-4-8(9)6-12-7;1-2/h2-5,12H,6,11H2,1H3;1-2H3. The van der Waals surface area contributed by atoms with Crippen LogP contribution < -0.4 is 15.8 Å². The van der Waals surface area contributed by atoms with Gasteiger partial charge in [-0.25, -0.2) is 0 Å². The molecule has 3 nitrogen and oxygen atoms in total. The Balaban J connectivity index is 0.000000531. The zero-order valence-electron chi connectivity index (χ0n) is 9.50. The van der Waals surface area contributed by atoms with Crippen LogP contribution in [0, 0.1) is 0 Å². The predicted octanol–water partition coefficient (Wildman–Crippen LogP) is 2.34. The smallest absolute Gasteiger partial charge is 0.209 e. The van der Waals surface area contributed by atoms with Gasteiger partial charge >= 0.3 is 0 Å². The van der Waals surface area contributed by atoms with E-state index in [4.69, 9.17) is 10.5 Å². The van der Waals surface area contributed by atoms with E-state index in [0.717, 1.165) is 23.6 Å². The van der Waals surface area contributed by atoms with Crippen LogP contribution in [0.1, 0.15) is 26.3 Å². The largest absolute Gasteiger partial charge is 0.439 e. The molecule has 82 valence electrons. The van der Waals surface area contributed by atoms with Gasteiger partial charge in [0, 0.05) is 12.1 Å². The fourth-order valence-electron chi connectivity index (χ4n) is 1.26. The zero-order chi connectivity index (χ0) is 11.3. The highest BCUT2D eigenvalue weighted by molar-refractivity contribution is 5.36. The van der Waals surface area contributed by atoms with E-state index >= 15 is 0 Å². The van der Waals surface area contributed by atoms with Gasteiger partial charge in [-0.1, -0.05) is 32.0 Å². The van der Waals surface area contributed by atoms with Crippen molar-refractivity contribution in [3.8, 4) is 5.75 Å². The third kappa shape index (κ3) is 2.65. The molecule has 0 unspecified atom stereocenters. The van der Waals surface area contributed by atoms with Crippen molar-refractivity contribution in [1.29, 1.82) is 0 Å². The number of allylic oxidation sites excluding steroid dienone is 1. The lowest BCUT2D eigenvalue weighted by Crippen LogP contribution is -2.15. The van der Waals surface area contributed by atoms with Gasteiger partial charge in [0.25, 0.3) is 0 Å². The van der Waals surface area contributed by atoms with Crippen molar-refractivity contribution in [2.24, 2.45) is 5.73 Å². The Morgan fingerprint density at radius 2 is 1.93 bits per heavy atom. The Labute approximate surface area is 90.9 Å². The van der Waals surface area contributed by atoms with E-state index in [1.807, 2.05) is 45.0 Å². The van der Waals surface area contributed by atoms with Crippen LogP contribution in [-0.4, -0.2) is 0 Å². The summed E-state index contributed by atoms with van der Waals surface area (Å²) in [6.45, 7) is 6.67. The normalized spacial score (nSPS) is 13.8. The first-order chi connectivity index (χ1) is 7.27. The number of ether oxygens (including phenoxy) is 1. The third-order valence-electron chi connectivity index (χ3n) is 2.11. The van der Waals surface area contributed by atoms with E-state index in [1.54, 1.807) is 0 Å². The van der Waals surface area contributed by atoms with Crippen molar-refractivity contribution < 1.29 is 4.74 Å². The molecule has 0 fully saturated rings. The number of para-hydroxylation sites is 1. The fraction of sp³-hybridized carbons (Fsp3) is 0.333. The second kappa shape index (κ2) is 5.29. The van der Waals surface area contributed by atoms with Crippen molar-refractivity contribution in [3.05, 3.63) is 41.4 Å². The van der Waals surface area contributed by atoms with Gasteiger partial charge in [0.2, 0.25) is 5.88 Å². The molecule has 2 rings (SSSR count). The summed E-state index contributed by atoms with van der Waals surface area (Å²) in [5, 5.41) is 3.18. The zero-order valence-corrected chi connectivity index (χ0v) is 9.50. The third-order valence-corrected chi connectivity index (χ3v) is 2.11. The van der Waals surface area contributed by atoms with Crippen molar-refractivity contribution in [2.75, 3.05) is 0 Å². The minimum atomic E-state index is 0.449. The molecule has 15 heavy (non-hydrogen) atoms. The molecule has 0 aromatic heterocycles. The Bertz CT molecular complexity index is 358. The van der Waals surface area contributed by atoms with E-state index in [-0.39, 0.29) is 0 Å². The summed E-state index contributed by atoms with van der Waals surface area (Å²) >= 11 is 0. The molecule has 1 heterocycles. The molecule has 0 bridgehead atoms. The monoisotopic (exact) mass is 206 g/mol. The van der Waals surface area contributed by atoms with Gasteiger partial charge < -0.3 is 15.8 Å². The first-order valence-electron chi connectivity index (χ1n) is 5.23. The molecule has 3 N–H and O–H groups in total. The summed E-state index contributed by atoms with van der Waals surface area (Å²) in [6.07, 6.45) is 0. The maximum absolute atomic E-state index is 5.69. The van der Waals surface area contributed by atoms with Crippen LogP contribution in [-0.2, 0) is 6.54 Å². The van der Waals surface area contributed by atoms with Crippen LogP contribution >= 0.6 is 0 Å². The van der Waals surface area contributed by atoms with Gasteiger partial charge in [-0.3, -0.25) is 0 Å². The molecular weight excluding hydrogens is 188 g/mol. The summed E-state index contributed by atoms with van der Waals surface area (Å²) in [5.41, 5.74) is 7.70. The van der Waals surface area contributed by atoms with E-state index < -0.39 is 0 Å². The Morgan fingerprint density at radius 3 is 2.67 bits per heavy atom. The summed E-state index contributed by atoms with van der Waals surface area (Å²) in [7, 11) is 0. The summed E-state index contributed by atoms with van der Waals surface area (Å²) in [4.78, 5) is 0. The van der Waals surface area contributed by atoms with Crippen LogP contribution in [0.25, 0.3) is 0 Å². The van der Waals surface area contributed by atoms with Gasteiger partial charge in [0.05, 0.1) is 5.70 Å². The van der Waals surface area contributed by atoms with E-state index in [9.17, 15) is 0 Å². The molecule has 0 saturated carbocycles. The molecule has 1 aromatic rings. The topological polar surface area (TPSA) is 47.3 Å². The Kier molecular flexibility index (Phi) is 4.03. The lowest BCUT2D eigenvalue weighted by molar-refractivity contribution is 0.413. The molecule has 0 atom stereocenters. The van der Waals surface area contributed by atoms with Crippen LogP contribution in [0.15, 0.2) is 35.8 Å². The number of benzene rings is 1. The second-order valence-electron chi connectivity index (χ2n) is 3.05. The lowest BCUT2D eigenvalue weighted by Gasteiger charge is -2.05. The van der Waals surface area contributed by atoms with Crippen molar-refractivity contribution in [2.45, 2.75) is 27.3 Å². The van der Waals surface area contributed by atoms with Gasteiger partial charge in [0.1, 0.15) is 5.75 Å². The molecular formula is C12H18N2O. The second-order valence-corrected chi connectivity index (χ2v) is 3.05. The highest BCUT2D eigenvalue weighted by atomic mass is 16.5. The van der Waals surface area contributed by atoms with Gasteiger partial charge in [-0.05, 0) is 13.0 Å². The first-order valence-corrected chi connectivity index (χ1v) is 5.23. The molecule has 3 heteroatoms. The van der Waals surface area contributed by atoms with Crippen molar-refractivity contribution in [1.82, 2.24) is 5.32 Å². The summed E-state index contributed by atoms with van der Waals surface area (Å²) in [5.74, 6) is 1.29. The predicted molar refractivity (Wildman–Crippen MR) is 62.1 cm³/mol. The quantitative estimate of drug-likeness (QED) is 0.685. The summed E-state index contributed by atoms with van der Waals surface area (Å²) < 4.78 is 5.46. The minimum Gasteiger partial charge on any atom is -0.439 e. The average molecular weight is 206 g/mol. The van der Waals surface area contributed by atoms with Gasteiger partial charge in [0.15, 0.2) is 0 Å². The molecule has 0 spiro atoms. The molecule has 1 aromatic carbocycles. The number of fused-ring (bicyclic) bond motifs is 1. The average Bonchev–Trinajstić information content (AvgIpc) is 2.43. The maximum atomic E-state index is 5.69. The van der Waals surface area contributed by atoms with E-state index in [2.05, 4.69) is 5.32 Å². The van der Waals surface area contributed by atoms with Gasteiger partial charge in [-0.15, -0.1) is 0 Å². The SMILES string of the molecule is CC.CC1=C(N)Oc2ccccc2CN1. The highest BCUT2D eigenvalue weighted by Gasteiger charge is 2.10. The first kappa shape index (κ1) is 11.4. The lowest BCUT2D eigenvalue weighted by atomic mass is 10.2. The summed E-state index contributed by atoms with van der Waals surface area (Å²) in [6, 6.07) is 7.87. The van der Waals surface area contributed by atoms with Crippen molar-refractivity contribution >= 4 is 0 Å². The Morgan fingerprint density at radius 1 is 1.27 bits per heavy atom. The number of rotatable bonds is 0. The van der Waals surface area contributed by atoms with Gasteiger partial charge in [-0.2, -0.15) is 0 Å². The maximum Gasteiger partial charge on any atom is 0.209 e. The molecule has 0 radical (unpaired) electrons. The molecule has 0 aliphatic carbocycles. The highest BCUT2D eigenvalue weighted by Crippen LogP contribution is 2.22. The minimum absolute atomic E-state index is 0.449.